The number of hydrogen-bond acceptors (Lipinski definition) is 3. The Morgan fingerprint density at radius 1 is 1.41 bits per heavy atom. The first kappa shape index (κ1) is 11.2. The van der Waals surface area contributed by atoms with Crippen LogP contribution in [-0.4, -0.2) is 23.2 Å². The molecule has 1 heterocycles. The lowest BCUT2D eigenvalue weighted by Crippen LogP contribution is -2.33. The van der Waals surface area contributed by atoms with Gasteiger partial charge in [0, 0.05) is 0 Å². The molecule has 0 radical (unpaired) electrons. The Morgan fingerprint density at radius 2 is 2.12 bits per heavy atom. The summed E-state index contributed by atoms with van der Waals surface area (Å²) in [6.45, 7) is 0. The summed E-state index contributed by atoms with van der Waals surface area (Å²) in [5.74, 6) is -0.985. The van der Waals surface area contributed by atoms with E-state index in [-0.39, 0.29) is 5.76 Å². The molecule has 1 aromatic carbocycles. The monoisotopic (exact) mass is 233 g/mol. The molecule has 1 aliphatic rings. The molecular weight excluding hydrogens is 222 g/mol. The predicted octanol–water partition coefficient (Wildman–Crippen LogP) is 1.31. The molecule has 1 saturated heterocycles. The summed E-state index contributed by atoms with van der Waals surface area (Å²) in [6.07, 6.45) is 1.40. The molecule has 1 aromatic rings. The van der Waals surface area contributed by atoms with E-state index in [2.05, 4.69) is 5.32 Å². The minimum atomic E-state index is -1.13. The highest BCUT2D eigenvalue weighted by atomic mass is 16.6. The second-order valence-electron chi connectivity index (χ2n) is 3.60. The lowest BCUT2D eigenvalue weighted by atomic mass is 10.1. The summed E-state index contributed by atoms with van der Waals surface area (Å²) in [4.78, 5) is 21.8. The van der Waals surface area contributed by atoms with E-state index in [1.807, 2.05) is 30.3 Å². The first-order valence-corrected chi connectivity index (χ1v) is 5.12. The van der Waals surface area contributed by atoms with E-state index in [0.717, 1.165) is 5.56 Å². The van der Waals surface area contributed by atoms with Crippen LogP contribution in [0.1, 0.15) is 5.56 Å². The number of nitrogens with one attached hydrogen (secondary N) is 1. The molecule has 0 aromatic heterocycles. The number of amides is 1. The van der Waals surface area contributed by atoms with E-state index in [4.69, 9.17) is 9.84 Å². The highest BCUT2D eigenvalue weighted by molar-refractivity contribution is 5.86. The standard InChI is InChI=1S/C12H11NO4/c14-11(15)10-9(17-12(16)13-10)7-6-8-4-2-1-3-5-8/h1-5,7,10H,6H2,(H,13,16)(H,14,15)/b9-7+. The predicted molar refractivity (Wildman–Crippen MR) is 59.3 cm³/mol. The smallest absolute Gasteiger partial charge is 0.413 e. The van der Waals surface area contributed by atoms with Crippen molar-refractivity contribution in [2.75, 3.05) is 0 Å². The van der Waals surface area contributed by atoms with Crippen LogP contribution in [0, 0.1) is 0 Å². The first-order valence-electron chi connectivity index (χ1n) is 5.12. The molecule has 1 aliphatic heterocycles. The van der Waals surface area contributed by atoms with Gasteiger partial charge in [-0.15, -0.1) is 0 Å². The highest BCUT2D eigenvalue weighted by Gasteiger charge is 2.34. The normalized spacial score (nSPS) is 21.1. The number of allylic oxidation sites excluding steroid dienone is 1. The SMILES string of the molecule is O=C1NC(C(=O)O)/C(=C\Cc2ccccc2)O1. The molecule has 88 valence electrons. The van der Waals surface area contributed by atoms with Gasteiger partial charge >= 0.3 is 12.1 Å². The molecule has 1 fully saturated rings. The minimum Gasteiger partial charge on any atom is -0.479 e. The molecule has 5 heteroatoms. The summed E-state index contributed by atoms with van der Waals surface area (Å²) < 4.78 is 4.79. The molecule has 2 rings (SSSR count). The van der Waals surface area contributed by atoms with E-state index in [1.165, 1.54) is 0 Å². The second kappa shape index (κ2) is 4.69. The van der Waals surface area contributed by atoms with Crippen LogP contribution in [0.2, 0.25) is 0 Å². The van der Waals surface area contributed by atoms with Crippen molar-refractivity contribution >= 4 is 12.1 Å². The molecular formula is C12H11NO4. The number of alkyl carbamates (subject to hydrolysis) is 1. The average molecular weight is 233 g/mol. The van der Waals surface area contributed by atoms with Gasteiger partial charge in [-0.2, -0.15) is 0 Å². The molecule has 0 aliphatic carbocycles. The number of carbonyl (C=O) groups is 2. The van der Waals surface area contributed by atoms with Crippen LogP contribution in [0.15, 0.2) is 42.2 Å². The van der Waals surface area contributed by atoms with Gasteiger partial charge in [0.05, 0.1) is 0 Å². The third-order valence-electron chi connectivity index (χ3n) is 2.39. The van der Waals surface area contributed by atoms with Crippen LogP contribution in [0.3, 0.4) is 0 Å². The Bertz CT molecular complexity index is 467. The fourth-order valence-corrected chi connectivity index (χ4v) is 1.56. The Labute approximate surface area is 97.7 Å². The summed E-state index contributed by atoms with van der Waals surface area (Å²) in [7, 11) is 0. The zero-order valence-corrected chi connectivity index (χ0v) is 8.92. The summed E-state index contributed by atoms with van der Waals surface area (Å²) >= 11 is 0. The number of carboxylic acid groups (broad SMARTS) is 1. The topological polar surface area (TPSA) is 75.6 Å². The molecule has 0 bridgehead atoms. The van der Waals surface area contributed by atoms with E-state index < -0.39 is 18.1 Å². The van der Waals surface area contributed by atoms with E-state index >= 15 is 0 Å². The number of benzene rings is 1. The van der Waals surface area contributed by atoms with Crippen LogP contribution in [0.25, 0.3) is 0 Å². The molecule has 2 N–H and O–H groups in total. The number of cyclic esters (lactones) is 1. The van der Waals surface area contributed by atoms with Crippen molar-refractivity contribution in [3.8, 4) is 0 Å². The van der Waals surface area contributed by atoms with Gasteiger partial charge in [-0.05, 0) is 18.1 Å². The largest absolute Gasteiger partial charge is 0.479 e. The highest BCUT2D eigenvalue weighted by Crippen LogP contribution is 2.14. The molecule has 1 atom stereocenters. The Morgan fingerprint density at radius 3 is 2.76 bits per heavy atom. The van der Waals surface area contributed by atoms with Crippen molar-refractivity contribution in [1.82, 2.24) is 5.32 Å². The van der Waals surface area contributed by atoms with Crippen LogP contribution >= 0.6 is 0 Å². The van der Waals surface area contributed by atoms with Crippen molar-refractivity contribution in [1.29, 1.82) is 0 Å². The number of carbonyl (C=O) groups excluding carboxylic acids is 1. The zero-order chi connectivity index (χ0) is 12.3. The first-order chi connectivity index (χ1) is 8.16. The maximum absolute atomic E-state index is 10.9. The Kier molecular flexibility index (Phi) is 3.09. The summed E-state index contributed by atoms with van der Waals surface area (Å²) in [5, 5.41) is 11.1. The van der Waals surface area contributed by atoms with Crippen molar-refractivity contribution in [3.63, 3.8) is 0 Å². The minimum absolute atomic E-state index is 0.145. The molecule has 17 heavy (non-hydrogen) atoms. The van der Waals surface area contributed by atoms with Crippen molar-refractivity contribution < 1.29 is 19.4 Å². The number of hydrogen-bond donors (Lipinski definition) is 2. The van der Waals surface area contributed by atoms with Gasteiger partial charge in [0.15, 0.2) is 6.04 Å². The van der Waals surface area contributed by atoms with Crippen molar-refractivity contribution in [2.24, 2.45) is 0 Å². The van der Waals surface area contributed by atoms with Crippen molar-refractivity contribution in [2.45, 2.75) is 12.5 Å². The molecule has 1 unspecified atom stereocenters. The Balaban J connectivity index is 2.11. The summed E-state index contributed by atoms with van der Waals surface area (Å²) in [5.41, 5.74) is 1.02. The Hall–Kier alpha value is -2.30. The number of aliphatic carboxylic acids is 1. The average Bonchev–Trinajstić information content (AvgIpc) is 2.69. The fourth-order valence-electron chi connectivity index (χ4n) is 1.56. The van der Waals surface area contributed by atoms with E-state index in [9.17, 15) is 9.59 Å². The molecule has 0 saturated carbocycles. The van der Waals surface area contributed by atoms with Gasteiger partial charge in [-0.25, -0.2) is 9.59 Å². The van der Waals surface area contributed by atoms with Gasteiger partial charge in [-0.1, -0.05) is 30.3 Å². The van der Waals surface area contributed by atoms with Crippen molar-refractivity contribution in [3.05, 3.63) is 47.7 Å². The van der Waals surface area contributed by atoms with E-state index in [1.54, 1.807) is 6.08 Å². The van der Waals surface area contributed by atoms with Gasteiger partial charge in [0.1, 0.15) is 5.76 Å². The van der Waals surface area contributed by atoms with Gasteiger partial charge in [0.25, 0.3) is 0 Å². The van der Waals surface area contributed by atoms with Gasteiger partial charge < -0.3 is 15.2 Å². The number of ether oxygens (including phenoxy) is 1. The summed E-state index contributed by atoms with van der Waals surface area (Å²) in [6, 6.07) is 8.43. The third-order valence-corrected chi connectivity index (χ3v) is 2.39. The molecule has 0 spiro atoms. The lowest BCUT2D eigenvalue weighted by molar-refractivity contribution is -0.138. The van der Waals surface area contributed by atoms with Crippen LogP contribution in [0.5, 0.6) is 0 Å². The maximum atomic E-state index is 10.9. The van der Waals surface area contributed by atoms with Crippen LogP contribution in [-0.2, 0) is 16.0 Å². The lowest BCUT2D eigenvalue weighted by Gasteiger charge is -2.02. The maximum Gasteiger partial charge on any atom is 0.413 e. The molecule has 1 amide bonds. The fraction of sp³-hybridized carbons (Fsp3) is 0.167. The quantitative estimate of drug-likeness (QED) is 0.825. The third kappa shape index (κ3) is 2.63. The van der Waals surface area contributed by atoms with Gasteiger partial charge in [0.2, 0.25) is 0 Å². The number of carboxylic acids is 1. The molecule has 5 nitrogen and oxygen atoms in total. The van der Waals surface area contributed by atoms with Gasteiger partial charge in [-0.3, -0.25) is 0 Å². The van der Waals surface area contributed by atoms with Crippen LogP contribution in [0.4, 0.5) is 4.79 Å². The number of rotatable bonds is 3. The van der Waals surface area contributed by atoms with Crippen LogP contribution < -0.4 is 5.32 Å². The zero-order valence-electron chi connectivity index (χ0n) is 8.92. The second-order valence-corrected chi connectivity index (χ2v) is 3.60. The van der Waals surface area contributed by atoms with E-state index in [0.29, 0.717) is 6.42 Å².